The molecule has 0 atom stereocenters. The quantitative estimate of drug-likeness (QED) is 0.236. The number of carbonyl (C=O) groups is 3. The standard InChI is InChI=1S/C18H28O5/c1-4-6-7-8-9-10-11-12-15(3)18(21)22-14-13-17(20)23-16(19)5-2/h5,12H,2,4,6-11,13-14H2,1,3H3. The third-order valence-corrected chi connectivity index (χ3v) is 3.25. The summed E-state index contributed by atoms with van der Waals surface area (Å²) in [5, 5.41) is 0. The van der Waals surface area contributed by atoms with Gasteiger partial charge in [-0.15, -0.1) is 0 Å². The fourth-order valence-corrected chi connectivity index (χ4v) is 1.87. The minimum absolute atomic E-state index is 0.107. The van der Waals surface area contributed by atoms with Crippen LogP contribution in [0.5, 0.6) is 0 Å². The molecule has 0 aliphatic rings. The number of hydrogen-bond acceptors (Lipinski definition) is 5. The lowest BCUT2D eigenvalue weighted by Crippen LogP contribution is -2.14. The van der Waals surface area contributed by atoms with Crippen LogP contribution in [-0.2, 0) is 23.9 Å². The van der Waals surface area contributed by atoms with E-state index in [0.717, 1.165) is 18.9 Å². The number of hydrogen-bond donors (Lipinski definition) is 0. The van der Waals surface area contributed by atoms with Crippen LogP contribution in [0.25, 0.3) is 0 Å². The molecular formula is C18H28O5. The number of carbonyl (C=O) groups excluding carboxylic acids is 3. The molecule has 5 nitrogen and oxygen atoms in total. The molecular weight excluding hydrogens is 296 g/mol. The minimum atomic E-state index is -0.809. The van der Waals surface area contributed by atoms with Crippen molar-refractivity contribution in [3.05, 3.63) is 24.3 Å². The monoisotopic (exact) mass is 324 g/mol. The van der Waals surface area contributed by atoms with Gasteiger partial charge in [0.1, 0.15) is 6.61 Å². The highest BCUT2D eigenvalue weighted by atomic mass is 16.6. The second-order valence-electron chi connectivity index (χ2n) is 5.33. The molecule has 23 heavy (non-hydrogen) atoms. The topological polar surface area (TPSA) is 69.7 Å². The molecule has 0 radical (unpaired) electrons. The zero-order valence-corrected chi connectivity index (χ0v) is 14.3. The van der Waals surface area contributed by atoms with Crippen LogP contribution in [-0.4, -0.2) is 24.5 Å². The molecule has 0 aliphatic heterocycles. The van der Waals surface area contributed by atoms with Crippen molar-refractivity contribution in [2.24, 2.45) is 0 Å². The summed E-state index contributed by atoms with van der Waals surface area (Å²) in [6.07, 6.45) is 10.7. The van der Waals surface area contributed by atoms with E-state index in [-0.39, 0.29) is 13.0 Å². The van der Waals surface area contributed by atoms with Gasteiger partial charge >= 0.3 is 17.9 Å². The third kappa shape index (κ3) is 12.3. The predicted octanol–water partition coefficient (Wildman–Crippen LogP) is 3.87. The van der Waals surface area contributed by atoms with Crippen molar-refractivity contribution in [2.75, 3.05) is 6.61 Å². The Labute approximate surface area is 138 Å². The van der Waals surface area contributed by atoms with E-state index in [0.29, 0.717) is 5.57 Å². The second kappa shape index (κ2) is 13.7. The van der Waals surface area contributed by atoms with Crippen LogP contribution in [0.1, 0.15) is 65.2 Å². The Morgan fingerprint density at radius 1 is 1.04 bits per heavy atom. The van der Waals surface area contributed by atoms with Crippen molar-refractivity contribution in [1.29, 1.82) is 0 Å². The molecule has 0 saturated heterocycles. The normalized spacial score (nSPS) is 11.0. The fourth-order valence-electron chi connectivity index (χ4n) is 1.87. The van der Waals surface area contributed by atoms with Crippen molar-refractivity contribution < 1.29 is 23.9 Å². The predicted molar refractivity (Wildman–Crippen MR) is 88.6 cm³/mol. The summed E-state index contributed by atoms with van der Waals surface area (Å²) in [5.74, 6) is -1.99. The molecule has 0 saturated carbocycles. The fraction of sp³-hybridized carbons (Fsp3) is 0.611. The lowest BCUT2D eigenvalue weighted by Gasteiger charge is -2.04. The van der Waals surface area contributed by atoms with Gasteiger partial charge in [0.25, 0.3) is 0 Å². The largest absolute Gasteiger partial charge is 0.462 e. The molecule has 0 bridgehead atoms. The molecule has 0 rings (SSSR count). The van der Waals surface area contributed by atoms with Gasteiger partial charge < -0.3 is 9.47 Å². The molecule has 0 heterocycles. The zero-order chi connectivity index (χ0) is 17.5. The molecule has 0 aliphatic carbocycles. The van der Waals surface area contributed by atoms with Crippen LogP contribution in [0.3, 0.4) is 0 Å². The summed E-state index contributed by atoms with van der Waals surface area (Å²) in [6, 6.07) is 0. The Morgan fingerprint density at radius 2 is 1.70 bits per heavy atom. The Morgan fingerprint density at radius 3 is 2.35 bits per heavy atom. The molecule has 0 aromatic carbocycles. The van der Waals surface area contributed by atoms with Crippen LogP contribution >= 0.6 is 0 Å². The number of unbranched alkanes of at least 4 members (excludes halogenated alkanes) is 6. The summed E-state index contributed by atoms with van der Waals surface area (Å²) in [5.41, 5.74) is 0.536. The van der Waals surface area contributed by atoms with Gasteiger partial charge in [0, 0.05) is 11.6 Å². The van der Waals surface area contributed by atoms with E-state index in [1.165, 1.54) is 32.1 Å². The highest BCUT2D eigenvalue weighted by Crippen LogP contribution is 2.09. The van der Waals surface area contributed by atoms with E-state index in [1.807, 2.05) is 6.08 Å². The van der Waals surface area contributed by atoms with Gasteiger partial charge in [0.05, 0.1) is 6.42 Å². The Balaban J connectivity index is 3.80. The van der Waals surface area contributed by atoms with E-state index in [1.54, 1.807) is 6.92 Å². The van der Waals surface area contributed by atoms with Crippen LogP contribution in [0.4, 0.5) is 0 Å². The van der Waals surface area contributed by atoms with Crippen molar-refractivity contribution in [1.82, 2.24) is 0 Å². The SMILES string of the molecule is C=CC(=O)OC(=O)CCOC(=O)C(C)=CCCCCCCCC. The van der Waals surface area contributed by atoms with Gasteiger partial charge in [0.2, 0.25) is 0 Å². The summed E-state index contributed by atoms with van der Waals surface area (Å²) < 4.78 is 9.31. The molecule has 0 aromatic rings. The molecule has 0 N–H and O–H groups in total. The first-order valence-electron chi connectivity index (χ1n) is 8.22. The zero-order valence-electron chi connectivity index (χ0n) is 14.3. The Bertz CT molecular complexity index is 423. The Hall–Kier alpha value is -1.91. The number of allylic oxidation sites excluding steroid dienone is 1. The second-order valence-corrected chi connectivity index (χ2v) is 5.33. The molecule has 0 unspecified atom stereocenters. The highest BCUT2D eigenvalue weighted by molar-refractivity contribution is 5.92. The van der Waals surface area contributed by atoms with Crippen molar-refractivity contribution in [3.8, 4) is 0 Å². The van der Waals surface area contributed by atoms with E-state index < -0.39 is 17.9 Å². The summed E-state index contributed by atoms with van der Waals surface area (Å²) in [6.45, 7) is 6.96. The molecule has 0 aromatic heterocycles. The Kier molecular flexibility index (Phi) is 12.6. The lowest BCUT2D eigenvalue weighted by molar-refractivity contribution is -0.157. The molecule has 130 valence electrons. The number of rotatable bonds is 12. The van der Waals surface area contributed by atoms with Gasteiger partial charge in [-0.25, -0.2) is 9.59 Å². The van der Waals surface area contributed by atoms with Crippen LogP contribution in [0, 0.1) is 0 Å². The average molecular weight is 324 g/mol. The van der Waals surface area contributed by atoms with E-state index in [2.05, 4.69) is 18.2 Å². The van der Waals surface area contributed by atoms with Crippen molar-refractivity contribution >= 4 is 17.9 Å². The lowest BCUT2D eigenvalue weighted by atomic mass is 10.1. The van der Waals surface area contributed by atoms with Gasteiger partial charge in [-0.05, 0) is 19.8 Å². The maximum Gasteiger partial charge on any atom is 0.337 e. The van der Waals surface area contributed by atoms with Crippen molar-refractivity contribution in [3.63, 3.8) is 0 Å². The first-order chi connectivity index (χ1) is 11.0. The van der Waals surface area contributed by atoms with E-state index in [9.17, 15) is 14.4 Å². The third-order valence-electron chi connectivity index (χ3n) is 3.25. The van der Waals surface area contributed by atoms with Crippen molar-refractivity contribution in [2.45, 2.75) is 65.2 Å². The summed E-state index contributed by atoms with van der Waals surface area (Å²) >= 11 is 0. The van der Waals surface area contributed by atoms with E-state index >= 15 is 0 Å². The summed E-state index contributed by atoms with van der Waals surface area (Å²) in [4.78, 5) is 33.6. The first kappa shape index (κ1) is 21.1. The van der Waals surface area contributed by atoms with Gasteiger partial charge in [-0.2, -0.15) is 0 Å². The molecule has 0 amide bonds. The summed E-state index contributed by atoms with van der Waals surface area (Å²) in [7, 11) is 0. The first-order valence-corrected chi connectivity index (χ1v) is 8.22. The number of esters is 3. The van der Waals surface area contributed by atoms with Crippen LogP contribution < -0.4 is 0 Å². The molecule has 5 heteroatoms. The maximum atomic E-state index is 11.7. The average Bonchev–Trinajstić information content (AvgIpc) is 2.53. The van der Waals surface area contributed by atoms with Gasteiger partial charge in [-0.3, -0.25) is 4.79 Å². The van der Waals surface area contributed by atoms with E-state index in [4.69, 9.17) is 4.74 Å². The highest BCUT2D eigenvalue weighted by Gasteiger charge is 2.10. The smallest absolute Gasteiger partial charge is 0.337 e. The van der Waals surface area contributed by atoms with Crippen LogP contribution in [0.15, 0.2) is 24.3 Å². The minimum Gasteiger partial charge on any atom is -0.462 e. The van der Waals surface area contributed by atoms with Gasteiger partial charge in [-0.1, -0.05) is 51.7 Å². The number of ether oxygens (including phenoxy) is 2. The van der Waals surface area contributed by atoms with Crippen LogP contribution in [0.2, 0.25) is 0 Å². The molecule has 0 fully saturated rings. The molecule has 0 spiro atoms. The van der Waals surface area contributed by atoms with Gasteiger partial charge in [0.15, 0.2) is 0 Å². The maximum absolute atomic E-state index is 11.7.